The lowest BCUT2D eigenvalue weighted by Crippen LogP contribution is -2.18. The summed E-state index contributed by atoms with van der Waals surface area (Å²) in [6.45, 7) is 4.91. The van der Waals surface area contributed by atoms with Crippen LogP contribution in [0.4, 0.5) is 0 Å². The first kappa shape index (κ1) is 13.9. The van der Waals surface area contributed by atoms with Crippen molar-refractivity contribution in [2.75, 3.05) is 6.61 Å². The molecule has 0 saturated carbocycles. The van der Waals surface area contributed by atoms with Crippen LogP contribution in [-0.4, -0.2) is 18.8 Å². The molecule has 102 valence electrons. The van der Waals surface area contributed by atoms with Gasteiger partial charge in [-0.05, 0) is 29.0 Å². The van der Waals surface area contributed by atoms with Gasteiger partial charge in [0.2, 0.25) is 0 Å². The highest BCUT2D eigenvalue weighted by Crippen LogP contribution is 2.24. The Morgan fingerprint density at radius 1 is 1.53 bits per heavy atom. The molecule has 1 aromatic carbocycles. The number of nitrogens with zero attached hydrogens (tertiary/aromatic N) is 3. The van der Waals surface area contributed by atoms with Gasteiger partial charge in [0.25, 0.3) is 0 Å². The molecule has 0 amide bonds. The summed E-state index contributed by atoms with van der Waals surface area (Å²) in [6.07, 6.45) is 0.784. The van der Waals surface area contributed by atoms with Crippen LogP contribution < -0.4 is 5.73 Å². The van der Waals surface area contributed by atoms with Gasteiger partial charge >= 0.3 is 0 Å². The standard InChI is InChI=1S/C14H20N4O/c1-9(2)14(15)11-5-3-4-10(6-11)7-12(17-18-16)13-8-19-13/h3-6,9,12-14H,7-8,15H2,1-2H3/t12?,13-,14?/m1/s1. The Hall–Kier alpha value is -1.55. The summed E-state index contributed by atoms with van der Waals surface area (Å²) in [7, 11) is 0. The smallest absolute Gasteiger partial charge is 0.0897 e. The van der Waals surface area contributed by atoms with Gasteiger partial charge in [-0.25, -0.2) is 0 Å². The number of azide groups is 1. The molecule has 0 radical (unpaired) electrons. The van der Waals surface area contributed by atoms with E-state index in [2.05, 4.69) is 29.9 Å². The summed E-state index contributed by atoms with van der Waals surface area (Å²) in [5.41, 5.74) is 17.0. The molecule has 5 nitrogen and oxygen atoms in total. The van der Waals surface area contributed by atoms with Crippen molar-refractivity contribution in [2.24, 2.45) is 16.8 Å². The van der Waals surface area contributed by atoms with E-state index in [0.29, 0.717) is 18.9 Å². The van der Waals surface area contributed by atoms with Crippen LogP contribution >= 0.6 is 0 Å². The van der Waals surface area contributed by atoms with E-state index in [1.165, 1.54) is 0 Å². The first-order valence-corrected chi connectivity index (χ1v) is 6.62. The van der Waals surface area contributed by atoms with Crippen molar-refractivity contribution < 1.29 is 4.74 Å². The van der Waals surface area contributed by atoms with Crippen molar-refractivity contribution in [2.45, 2.75) is 38.5 Å². The van der Waals surface area contributed by atoms with E-state index in [0.717, 1.165) is 11.1 Å². The zero-order chi connectivity index (χ0) is 13.8. The maximum Gasteiger partial charge on any atom is 0.0897 e. The number of hydrogen-bond donors (Lipinski definition) is 1. The second kappa shape index (κ2) is 6.06. The number of benzene rings is 1. The molecule has 0 spiro atoms. The first-order chi connectivity index (χ1) is 9.11. The zero-order valence-electron chi connectivity index (χ0n) is 11.4. The Morgan fingerprint density at radius 2 is 2.26 bits per heavy atom. The third kappa shape index (κ3) is 3.70. The number of nitrogens with two attached hydrogens (primary N) is 1. The van der Waals surface area contributed by atoms with Gasteiger partial charge in [-0.2, -0.15) is 0 Å². The SMILES string of the molecule is CC(C)C(N)c1cccc(CC(N=[N+]=[N-])[C@H]2CO2)c1. The Labute approximate surface area is 113 Å². The van der Waals surface area contributed by atoms with Gasteiger partial charge < -0.3 is 10.5 Å². The highest BCUT2D eigenvalue weighted by atomic mass is 16.6. The summed E-state index contributed by atoms with van der Waals surface area (Å²) in [5.74, 6) is 0.398. The summed E-state index contributed by atoms with van der Waals surface area (Å²) < 4.78 is 5.22. The Balaban J connectivity index is 2.11. The molecule has 1 aliphatic heterocycles. The summed E-state index contributed by atoms with van der Waals surface area (Å²) in [5, 5.41) is 3.82. The van der Waals surface area contributed by atoms with Gasteiger partial charge in [-0.3, -0.25) is 0 Å². The highest BCUT2D eigenvalue weighted by Gasteiger charge is 2.32. The fourth-order valence-electron chi connectivity index (χ4n) is 2.14. The molecule has 1 aliphatic rings. The molecule has 3 atom stereocenters. The predicted molar refractivity (Wildman–Crippen MR) is 74.6 cm³/mol. The average molecular weight is 260 g/mol. The van der Waals surface area contributed by atoms with Gasteiger partial charge in [0, 0.05) is 11.0 Å². The number of rotatable bonds is 6. The minimum atomic E-state index is -0.115. The van der Waals surface area contributed by atoms with E-state index >= 15 is 0 Å². The maximum atomic E-state index is 8.59. The van der Waals surface area contributed by atoms with E-state index in [1.807, 2.05) is 18.2 Å². The molecule has 1 saturated heterocycles. The monoisotopic (exact) mass is 260 g/mol. The third-order valence-corrected chi connectivity index (χ3v) is 3.49. The number of ether oxygens (including phenoxy) is 1. The topological polar surface area (TPSA) is 87.3 Å². The van der Waals surface area contributed by atoms with E-state index in [1.54, 1.807) is 0 Å². The summed E-state index contributed by atoms with van der Waals surface area (Å²) in [6, 6.07) is 8.12. The number of epoxide rings is 1. The molecule has 0 aromatic heterocycles. The van der Waals surface area contributed by atoms with Crippen LogP contribution in [0.2, 0.25) is 0 Å². The van der Waals surface area contributed by atoms with Crippen molar-refractivity contribution in [3.05, 3.63) is 45.8 Å². The van der Waals surface area contributed by atoms with E-state index in [-0.39, 0.29) is 18.2 Å². The lowest BCUT2D eigenvalue weighted by atomic mass is 9.94. The van der Waals surface area contributed by atoms with Crippen molar-refractivity contribution in [1.29, 1.82) is 0 Å². The molecule has 0 aliphatic carbocycles. The van der Waals surface area contributed by atoms with E-state index < -0.39 is 0 Å². The van der Waals surface area contributed by atoms with Gasteiger partial charge in [-0.15, -0.1) is 0 Å². The van der Waals surface area contributed by atoms with Crippen molar-refractivity contribution in [3.63, 3.8) is 0 Å². The van der Waals surface area contributed by atoms with Crippen LogP contribution in [-0.2, 0) is 11.2 Å². The molecule has 5 heteroatoms. The van der Waals surface area contributed by atoms with Crippen molar-refractivity contribution >= 4 is 0 Å². The lowest BCUT2D eigenvalue weighted by Gasteiger charge is -2.17. The maximum absolute atomic E-state index is 8.59. The molecule has 0 bridgehead atoms. The Kier molecular flexibility index (Phi) is 4.43. The van der Waals surface area contributed by atoms with Gasteiger partial charge in [0.05, 0.1) is 18.8 Å². The second-order valence-electron chi connectivity index (χ2n) is 5.36. The molecular formula is C14H20N4O. The molecule has 19 heavy (non-hydrogen) atoms. The fraction of sp³-hybridized carbons (Fsp3) is 0.571. The number of hydrogen-bond acceptors (Lipinski definition) is 3. The summed E-state index contributed by atoms with van der Waals surface area (Å²) >= 11 is 0. The van der Waals surface area contributed by atoms with Gasteiger partial charge in [0.1, 0.15) is 0 Å². The van der Waals surface area contributed by atoms with Gasteiger partial charge in [0.15, 0.2) is 0 Å². The summed E-state index contributed by atoms with van der Waals surface area (Å²) in [4.78, 5) is 2.90. The van der Waals surface area contributed by atoms with E-state index in [4.69, 9.17) is 16.0 Å². The van der Waals surface area contributed by atoms with Crippen LogP contribution in [0, 0.1) is 5.92 Å². The molecule has 1 heterocycles. The van der Waals surface area contributed by atoms with Gasteiger partial charge in [-0.1, -0.05) is 43.2 Å². The van der Waals surface area contributed by atoms with Crippen LogP contribution in [0.5, 0.6) is 0 Å². The largest absolute Gasteiger partial charge is 0.373 e. The molecule has 2 rings (SSSR count). The second-order valence-corrected chi connectivity index (χ2v) is 5.36. The Morgan fingerprint density at radius 3 is 2.84 bits per heavy atom. The van der Waals surface area contributed by atoms with E-state index in [9.17, 15) is 0 Å². The third-order valence-electron chi connectivity index (χ3n) is 3.49. The van der Waals surface area contributed by atoms with Crippen LogP contribution in [0.25, 0.3) is 10.4 Å². The molecule has 2 unspecified atom stereocenters. The predicted octanol–water partition coefficient (Wildman–Crippen LogP) is 2.96. The van der Waals surface area contributed by atoms with Crippen LogP contribution in [0.1, 0.15) is 31.0 Å². The normalized spacial score (nSPS) is 20.7. The minimum Gasteiger partial charge on any atom is -0.373 e. The van der Waals surface area contributed by atoms with Crippen molar-refractivity contribution in [1.82, 2.24) is 0 Å². The highest BCUT2D eigenvalue weighted by molar-refractivity contribution is 5.27. The molecule has 1 aromatic rings. The van der Waals surface area contributed by atoms with Crippen LogP contribution in [0.3, 0.4) is 0 Å². The lowest BCUT2D eigenvalue weighted by molar-refractivity contribution is 0.371. The zero-order valence-corrected chi connectivity index (χ0v) is 11.4. The fourth-order valence-corrected chi connectivity index (χ4v) is 2.14. The molecule has 1 fully saturated rings. The van der Waals surface area contributed by atoms with Crippen LogP contribution in [0.15, 0.2) is 29.4 Å². The quantitative estimate of drug-likeness (QED) is 0.369. The Bertz CT molecular complexity index is 478. The molecular weight excluding hydrogens is 240 g/mol. The minimum absolute atomic E-state index is 0.0371. The average Bonchev–Trinajstić information content (AvgIpc) is 3.22. The molecule has 2 N–H and O–H groups in total. The first-order valence-electron chi connectivity index (χ1n) is 6.62. The van der Waals surface area contributed by atoms with Crippen molar-refractivity contribution in [3.8, 4) is 0 Å².